The maximum Gasteiger partial charge on any atom is 0.0652 e. The normalized spacial score (nSPS) is 25.8. The SMILES string of the molecule is COC1CC(NCc2cc(Cl)ccc2Br)C1(C)C. The predicted molar refractivity (Wildman–Crippen MR) is 79.0 cm³/mol. The van der Waals surface area contributed by atoms with Gasteiger partial charge in [-0.2, -0.15) is 0 Å². The third-order valence-electron chi connectivity index (χ3n) is 4.01. The molecule has 0 saturated heterocycles. The molecule has 1 fully saturated rings. The fraction of sp³-hybridized carbons (Fsp3) is 0.571. The molecular formula is C14H19BrClNO. The van der Waals surface area contributed by atoms with Gasteiger partial charge in [-0.25, -0.2) is 0 Å². The van der Waals surface area contributed by atoms with Crippen molar-refractivity contribution in [3.63, 3.8) is 0 Å². The summed E-state index contributed by atoms with van der Waals surface area (Å²) in [6.45, 7) is 5.32. The van der Waals surface area contributed by atoms with E-state index in [0.29, 0.717) is 12.1 Å². The van der Waals surface area contributed by atoms with Crippen molar-refractivity contribution in [1.82, 2.24) is 5.32 Å². The molecule has 1 saturated carbocycles. The van der Waals surface area contributed by atoms with E-state index in [9.17, 15) is 0 Å². The monoisotopic (exact) mass is 331 g/mol. The largest absolute Gasteiger partial charge is 0.381 e. The Morgan fingerprint density at radius 1 is 1.50 bits per heavy atom. The zero-order valence-corrected chi connectivity index (χ0v) is 13.3. The second-order valence-corrected chi connectivity index (χ2v) is 6.74. The molecule has 0 amide bonds. The lowest BCUT2D eigenvalue weighted by atomic mass is 9.64. The Labute approximate surface area is 122 Å². The molecule has 1 N–H and O–H groups in total. The Bertz CT molecular complexity index is 436. The maximum absolute atomic E-state index is 6.01. The van der Waals surface area contributed by atoms with Crippen LogP contribution in [0, 0.1) is 5.41 Å². The van der Waals surface area contributed by atoms with Crippen LogP contribution in [-0.2, 0) is 11.3 Å². The summed E-state index contributed by atoms with van der Waals surface area (Å²) in [5.41, 5.74) is 1.39. The van der Waals surface area contributed by atoms with Crippen molar-refractivity contribution in [1.29, 1.82) is 0 Å². The van der Waals surface area contributed by atoms with Gasteiger partial charge in [0.2, 0.25) is 0 Å². The summed E-state index contributed by atoms with van der Waals surface area (Å²) in [6.07, 6.45) is 1.43. The van der Waals surface area contributed by atoms with Crippen molar-refractivity contribution in [3.05, 3.63) is 33.3 Å². The minimum atomic E-state index is 0.194. The third-order valence-corrected chi connectivity index (χ3v) is 5.02. The first-order valence-corrected chi connectivity index (χ1v) is 7.32. The molecule has 0 radical (unpaired) electrons. The minimum absolute atomic E-state index is 0.194. The number of hydrogen-bond acceptors (Lipinski definition) is 2. The Morgan fingerprint density at radius 3 is 2.83 bits per heavy atom. The van der Waals surface area contributed by atoms with Crippen LogP contribution in [0.25, 0.3) is 0 Å². The van der Waals surface area contributed by atoms with Gasteiger partial charge in [-0.05, 0) is 30.2 Å². The molecule has 18 heavy (non-hydrogen) atoms. The Hall–Kier alpha value is -0.0900. The summed E-state index contributed by atoms with van der Waals surface area (Å²) in [6, 6.07) is 6.37. The highest BCUT2D eigenvalue weighted by atomic mass is 79.9. The highest BCUT2D eigenvalue weighted by Crippen LogP contribution is 2.42. The smallest absolute Gasteiger partial charge is 0.0652 e. The van der Waals surface area contributed by atoms with Crippen molar-refractivity contribution < 1.29 is 4.74 Å². The molecule has 2 rings (SSSR count). The van der Waals surface area contributed by atoms with Crippen molar-refractivity contribution >= 4 is 27.5 Å². The van der Waals surface area contributed by atoms with Gasteiger partial charge >= 0.3 is 0 Å². The average Bonchev–Trinajstić information content (AvgIpc) is 2.32. The van der Waals surface area contributed by atoms with Crippen LogP contribution in [0.4, 0.5) is 0 Å². The van der Waals surface area contributed by atoms with Gasteiger partial charge in [-0.3, -0.25) is 0 Å². The van der Waals surface area contributed by atoms with Crippen LogP contribution < -0.4 is 5.32 Å². The molecule has 4 heteroatoms. The lowest BCUT2D eigenvalue weighted by Gasteiger charge is -2.51. The van der Waals surface area contributed by atoms with Crippen molar-refractivity contribution in [2.24, 2.45) is 5.41 Å². The highest BCUT2D eigenvalue weighted by molar-refractivity contribution is 9.10. The van der Waals surface area contributed by atoms with E-state index in [-0.39, 0.29) is 5.41 Å². The minimum Gasteiger partial charge on any atom is -0.381 e. The fourth-order valence-corrected chi connectivity index (χ4v) is 3.13. The standard InChI is InChI=1S/C14H19BrClNO/c1-14(2)12(7-13(14)18-3)17-8-9-6-10(16)4-5-11(9)15/h4-6,12-13,17H,7-8H2,1-3H3. The molecule has 2 nitrogen and oxygen atoms in total. The van der Waals surface area contributed by atoms with Crippen LogP contribution in [0.15, 0.2) is 22.7 Å². The molecule has 1 aromatic carbocycles. The predicted octanol–water partition coefficient (Wildman–Crippen LogP) is 4.01. The number of halogens is 2. The van der Waals surface area contributed by atoms with Gasteiger partial charge in [0.25, 0.3) is 0 Å². The Morgan fingerprint density at radius 2 is 2.22 bits per heavy atom. The van der Waals surface area contributed by atoms with Crippen molar-refractivity contribution in [2.45, 2.75) is 39.0 Å². The summed E-state index contributed by atoms with van der Waals surface area (Å²) >= 11 is 9.56. The van der Waals surface area contributed by atoms with Gasteiger partial charge in [-0.15, -0.1) is 0 Å². The van der Waals surface area contributed by atoms with Gasteiger partial charge in [-0.1, -0.05) is 41.4 Å². The van der Waals surface area contributed by atoms with E-state index in [1.807, 2.05) is 18.2 Å². The quantitative estimate of drug-likeness (QED) is 0.899. The Balaban J connectivity index is 1.95. The van der Waals surface area contributed by atoms with E-state index in [2.05, 4.69) is 35.1 Å². The van der Waals surface area contributed by atoms with E-state index in [0.717, 1.165) is 22.5 Å². The second-order valence-electron chi connectivity index (χ2n) is 5.45. The molecule has 2 unspecified atom stereocenters. The van der Waals surface area contributed by atoms with E-state index in [1.54, 1.807) is 7.11 Å². The van der Waals surface area contributed by atoms with Gasteiger partial charge in [0.1, 0.15) is 0 Å². The van der Waals surface area contributed by atoms with E-state index < -0.39 is 0 Å². The van der Waals surface area contributed by atoms with Crippen LogP contribution in [-0.4, -0.2) is 19.3 Å². The van der Waals surface area contributed by atoms with Crippen LogP contribution in [0.1, 0.15) is 25.8 Å². The van der Waals surface area contributed by atoms with Crippen molar-refractivity contribution in [2.75, 3.05) is 7.11 Å². The molecule has 0 aromatic heterocycles. The fourth-order valence-electron chi connectivity index (χ4n) is 2.54. The number of hydrogen-bond donors (Lipinski definition) is 1. The van der Waals surface area contributed by atoms with E-state index in [4.69, 9.17) is 16.3 Å². The summed E-state index contributed by atoms with van der Waals surface area (Å²) in [4.78, 5) is 0. The van der Waals surface area contributed by atoms with Gasteiger partial charge in [0.05, 0.1) is 6.10 Å². The number of nitrogens with one attached hydrogen (secondary N) is 1. The number of methoxy groups -OCH3 is 1. The molecule has 0 aliphatic heterocycles. The summed E-state index contributed by atoms with van der Waals surface area (Å²) in [5.74, 6) is 0. The first kappa shape index (κ1) is 14.3. The molecule has 1 aromatic rings. The van der Waals surface area contributed by atoms with Crippen LogP contribution in [0.5, 0.6) is 0 Å². The van der Waals surface area contributed by atoms with Crippen LogP contribution in [0.2, 0.25) is 5.02 Å². The average molecular weight is 333 g/mol. The van der Waals surface area contributed by atoms with E-state index >= 15 is 0 Å². The zero-order valence-electron chi connectivity index (χ0n) is 11.0. The summed E-state index contributed by atoms with van der Waals surface area (Å²) in [5, 5.41) is 4.36. The molecule has 0 heterocycles. The molecule has 2 atom stereocenters. The van der Waals surface area contributed by atoms with Crippen LogP contribution in [0.3, 0.4) is 0 Å². The molecule has 1 aliphatic rings. The summed E-state index contributed by atoms with van der Waals surface area (Å²) < 4.78 is 6.55. The third kappa shape index (κ3) is 2.74. The van der Waals surface area contributed by atoms with E-state index in [1.165, 1.54) is 5.56 Å². The number of ether oxygens (including phenoxy) is 1. The highest BCUT2D eigenvalue weighted by Gasteiger charge is 2.48. The molecule has 0 spiro atoms. The topological polar surface area (TPSA) is 21.3 Å². The molecule has 0 bridgehead atoms. The number of benzene rings is 1. The first-order chi connectivity index (χ1) is 8.45. The lowest BCUT2D eigenvalue weighted by Crippen LogP contribution is -2.60. The molecule has 100 valence electrons. The van der Waals surface area contributed by atoms with Gasteiger partial charge in [0, 0.05) is 34.6 Å². The number of rotatable bonds is 4. The van der Waals surface area contributed by atoms with Gasteiger partial charge in [0.15, 0.2) is 0 Å². The molecular weight excluding hydrogens is 314 g/mol. The molecule has 1 aliphatic carbocycles. The zero-order chi connectivity index (χ0) is 13.3. The second kappa shape index (κ2) is 5.49. The summed E-state index contributed by atoms with van der Waals surface area (Å²) in [7, 11) is 1.79. The van der Waals surface area contributed by atoms with Crippen molar-refractivity contribution in [3.8, 4) is 0 Å². The van der Waals surface area contributed by atoms with Gasteiger partial charge < -0.3 is 10.1 Å². The maximum atomic E-state index is 6.01. The van der Waals surface area contributed by atoms with Crippen LogP contribution >= 0.6 is 27.5 Å². The Kier molecular flexibility index (Phi) is 4.37. The lowest BCUT2D eigenvalue weighted by molar-refractivity contribution is -0.0979. The first-order valence-electron chi connectivity index (χ1n) is 6.15.